The van der Waals surface area contributed by atoms with Gasteiger partial charge in [0.05, 0.1) is 0 Å². The van der Waals surface area contributed by atoms with Crippen LogP contribution in [0.15, 0.2) is 34.1 Å². The van der Waals surface area contributed by atoms with E-state index < -0.39 is 0 Å². The van der Waals surface area contributed by atoms with Gasteiger partial charge in [-0.1, -0.05) is 25.0 Å². The zero-order chi connectivity index (χ0) is 10.7. The average molecular weight is 192 g/mol. The molecule has 78 valence electrons. The standard InChI is InChI=1S/C13H20O/c1-5-11-10(4)7-9(3)8-13(14)12(11)6-2/h8,14H,5-7H2,1-4H3. The van der Waals surface area contributed by atoms with E-state index in [9.17, 15) is 5.11 Å². The molecule has 0 saturated heterocycles. The third-order valence-corrected chi connectivity index (χ3v) is 2.82. The number of aliphatic hydroxyl groups is 1. The van der Waals surface area contributed by atoms with E-state index in [2.05, 4.69) is 27.7 Å². The van der Waals surface area contributed by atoms with E-state index in [1.54, 1.807) is 0 Å². The van der Waals surface area contributed by atoms with Gasteiger partial charge >= 0.3 is 0 Å². The van der Waals surface area contributed by atoms with Crippen LogP contribution in [0.2, 0.25) is 0 Å². The number of rotatable bonds is 2. The second kappa shape index (κ2) is 4.50. The summed E-state index contributed by atoms with van der Waals surface area (Å²) in [5.41, 5.74) is 5.12. The van der Waals surface area contributed by atoms with Crippen LogP contribution in [0.25, 0.3) is 0 Å². The molecule has 0 bridgehead atoms. The number of allylic oxidation sites excluding steroid dienone is 5. The van der Waals surface area contributed by atoms with E-state index in [-0.39, 0.29) is 0 Å². The molecule has 0 radical (unpaired) electrons. The minimum absolute atomic E-state index is 0.471. The molecule has 0 atom stereocenters. The molecule has 0 aromatic rings. The van der Waals surface area contributed by atoms with Crippen molar-refractivity contribution in [3.63, 3.8) is 0 Å². The zero-order valence-electron chi connectivity index (χ0n) is 9.65. The highest BCUT2D eigenvalue weighted by Gasteiger charge is 2.13. The van der Waals surface area contributed by atoms with Gasteiger partial charge in [0.25, 0.3) is 0 Å². The largest absolute Gasteiger partial charge is 0.508 e. The van der Waals surface area contributed by atoms with Gasteiger partial charge in [-0.05, 0) is 50.3 Å². The first-order valence-electron chi connectivity index (χ1n) is 5.38. The van der Waals surface area contributed by atoms with E-state index in [4.69, 9.17) is 0 Å². The van der Waals surface area contributed by atoms with Crippen LogP contribution in [-0.4, -0.2) is 5.11 Å². The zero-order valence-corrected chi connectivity index (χ0v) is 9.65. The van der Waals surface area contributed by atoms with Crippen molar-refractivity contribution in [3.8, 4) is 0 Å². The Hall–Kier alpha value is -0.980. The van der Waals surface area contributed by atoms with Gasteiger partial charge in [-0.25, -0.2) is 0 Å². The van der Waals surface area contributed by atoms with Crippen molar-refractivity contribution in [1.29, 1.82) is 0 Å². The second-order valence-corrected chi connectivity index (χ2v) is 4.00. The molecule has 0 unspecified atom stereocenters. The summed E-state index contributed by atoms with van der Waals surface area (Å²) in [4.78, 5) is 0. The fourth-order valence-corrected chi connectivity index (χ4v) is 2.22. The smallest absolute Gasteiger partial charge is 0.118 e. The molecule has 0 saturated carbocycles. The highest BCUT2D eigenvalue weighted by molar-refractivity contribution is 5.44. The lowest BCUT2D eigenvalue weighted by atomic mass is 9.95. The molecule has 1 aliphatic carbocycles. The van der Waals surface area contributed by atoms with Crippen LogP contribution in [-0.2, 0) is 0 Å². The SMILES string of the molecule is CCC1=C(O)C=C(C)CC(C)=C1CC. The molecule has 1 N–H and O–H groups in total. The van der Waals surface area contributed by atoms with Gasteiger partial charge in [0.2, 0.25) is 0 Å². The van der Waals surface area contributed by atoms with Crippen molar-refractivity contribution in [1.82, 2.24) is 0 Å². The summed E-state index contributed by atoms with van der Waals surface area (Å²) in [6, 6.07) is 0. The maximum atomic E-state index is 9.91. The Balaban J connectivity index is 3.25. The summed E-state index contributed by atoms with van der Waals surface area (Å²) >= 11 is 0. The van der Waals surface area contributed by atoms with E-state index in [1.165, 1.54) is 16.7 Å². The summed E-state index contributed by atoms with van der Waals surface area (Å²) in [6.45, 7) is 8.50. The van der Waals surface area contributed by atoms with Gasteiger partial charge in [0.1, 0.15) is 5.76 Å². The quantitative estimate of drug-likeness (QED) is 0.692. The first-order chi connectivity index (χ1) is 6.60. The fraction of sp³-hybridized carbons (Fsp3) is 0.538. The predicted octanol–water partition coefficient (Wildman–Crippen LogP) is 4.29. The summed E-state index contributed by atoms with van der Waals surface area (Å²) in [5, 5.41) is 9.91. The molecule has 14 heavy (non-hydrogen) atoms. The van der Waals surface area contributed by atoms with E-state index in [0.717, 1.165) is 24.8 Å². The molecule has 0 aromatic carbocycles. The summed E-state index contributed by atoms with van der Waals surface area (Å²) < 4.78 is 0. The maximum absolute atomic E-state index is 9.91. The van der Waals surface area contributed by atoms with Crippen LogP contribution in [0.5, 0.6) is 0 Å². The molecule has 0 fully saturated rings. The van der Waals surface area contributed by atoms with Gasteiger partial charge in [0.15, 0.2) is 0 Å². The topological polar surface area (TPSA) is 20.2 Å². The van der Waals surface area contributed by atoms with Crippen molar-refractivity contribution in [3.05, 3.63) is 34.1 Å². The molecule has 0 aliphatic heterocycles. The van der Waals surface area contributed by atoms with Crippen LogP contribution in [0.4, 0.5) is 0 Å². The highest BCUT2D eigenvalue weighted by Crippen LogP contribution is 2.30. The van der Waals surface area contributed by atoms with Crippen LogP contribution >= 0.6 is 0 Å². The molecule has 0 aromatic heterocycles. The fourth-order valence-electron chi connectivity index (χ4n) is 2.22. The Labute approximate surface area is 86.8 Å². The monoisotopic (exact) mass is 192 g/mol. The molecular formula is C13H20O. The Morgan fingerprint density at radius 1 is 1.14 bits per heavy atom. The molecule has 1 heteroatoms. The lowest BCUT2D eigenvalue weighted by Gasteiger charge is -2.11. The number of aliphatic hydroxyl groups excluding tert-OH is 1. The van der Waals surface area contributed by atoms with Crippen molar-refractivity contribution in [2.45, 2.75) is 47.0 Å². The normalized spacial score (nSPS) is 18.4. The van der Waals surface area contributed by atoms with Crippen LogP contribution in [0, 0.1) is 0 Å². The van der Waals surface area contributed by atoms with Crippen LogP contribution < -0.4 is 0 Å². The summed E-state index contributed by atoms with van der Waals surface area (Å²) in [7, 11) is 0. The Morgan fingerprint density at radius 3 is 2.21 bits per heavy atom. The van der Waals surface area contributed by atoms with E-state index in [0.29, 0.717) is 5.76 Å². The van der Waals surface area contributed by atoms with Gasteiger partial charge < -0.3 is 5.11 Å². The van der Waals surface area contributed by atoms with Crippen molar-refractivity contribution in [2.24, 2.45) is 0 Å². The molecule has 1 aliphatic rings. The number of hydrogen-bond acceptors (Lipinski definition) is 1. The van der Waals surface area contributed by atoms with Crippen molar-refractivity contribution < 1.29 is 5.11 Å². The molecule has 1 nitrogen and oxygen atoms in total. The first-order valence-corrected chi connectivity index (χ1v) is 5.38. The van der Waals surface area contributed by atoms with Crippen LogP contribution in [0.3, 0.4) is 0 Å². The van der Waals surface area contributed by atoms with Gasteiger partial charge in [-0.15, -0.1) is 0 Å². The Kier molecular flexibility index (Phi) is 3.56. The molecule has 0 spiro atoms. The second-order valence-electron chi connectivity index (χ2n) is 4.00. The summed E-state index contributed by atoms with van der Waals surface area (Å²) in [6.07, 6.45) is 4.83. The van der Waals surface area contributed by atoms with Gasteiger partial charge in [0, 0.05) is 0 Å². The van der Waals surface area contributed by atoms with Crippen LogP contribution in [0.1, 0.15) is 47.0 Å². The molecule has 1 rings (SSSR count). The number of hydrogen-bond donors (Lipinski definition) is 1. The average Bonchev–Trinajstić information content (AvgIpc) is 2.21. The molecule has 0 heterocycles. The van der Waals surface area contributed by atoms with Crippen molar-refractivity contribution in [2.75, 3.05) is 0 Å². The van der Waals surface area contributed by atoms with Crippen molar-refractivity contribution >= 4 is 0 Å². The molecule has 0 amide bonds. The van der Waals surface area contributed by atoms with Gasteiger partial charge in [-0.3, -0.25) is 0 Å². The van der Waals surface area contributed by atoms with E-state index in [1.807, 2.05) is 6.08 Å². The predicted molar refractivity (Wildman–Crippen MR) is 61.3 cm³/mol. The minimum atomic E-state index is 0.471. The minimum Gasteiger partial charge on any atom is -0.508 e. The lowest BCUT2D eigenvalue weighted by molar-refractivity contribution is 0.424. The van der Waals surface area contributed by atoms with E-state index >= 15 is 0 Å². The van der Waals surface area contributed by atoms with Gasteiger partial charge in [-0.2, -0.15) is 0 Å². The maximum Gasteiger partial charge on any atom is 0.118 e. The lowest BCUT2D eigenvalue weighted by Crippen LogP contribution is -1.94. The first kappa shape index (κ1) is 11.1. The molecular weight excluding hydrogens is 172 g/mol. The Bertz CT molecular complexity index is 316. The highest BCUT2D eigenvalue weighted by atomic mass is 16.3. The third-order valence-electron chi connectivity index (χ3n) is 2.82. The summed E-state index contributed by atoms with van der Waals surface area (Å²) in [5.74, 6) is 0.471. The third kappa shape index (κ3) is 2.09. The Morgan fingerprint density at radius 2 is 1.71 bits per heavy atom.